The Labute approximate surface area is 63.4 Å². The molecular weight excluding hydrogens is 103 g/mol. The summed E-state index contributed by atoms with van der Waals surface area (Å²) in [5, 5.41) is 6.91. The van der Waals surface area contributed by atoms with Crippen LogP contribution in [0.3, 0.4) is 0 Å². The third kappa shape index (κ3) is 2.06. The topological polar surface area (TPSA) is 38.9 Å². The van der Waals surface area contributed by atoms with Gasteiger partial charge in [-0.3, -0.25) is 0 Å². The zero-order valence-electron chi connectivity index (χ0n) is 4.38. The smallest absolute Gasteiger partial charge is 0.213 e. The van der Waals surface area contributed by atoms with Crippen LogP contribution in [0.25, 0.3) is 0 Å². The van der Waals surface area contributed by atoms with Crippen molar-refractivity contribution in [2.75, 3.05) is 0 Å². The Bertz CT molecular complexity index is 116. The Hall–Kier alpha value is 0.140. The first-order chi connectivity index (χ1) is 2.89. The van der Waals surface area contributed by atoms with Gasteiger partial charge in [-0.1, -0.05) is 0 Å². The van der Waals surface area contributed by atoms with Crippen LogP contribution < -0.4 is 0 Å². The largest absolute Gasteiger partial charge is 0.428 e. The minimum Gasteiger partial charge on any atom is -0.428 e. The van der Waals surface area contributed by atoms with E-state index in [9.17, 15) is 0 Å². The quantitative estimate of drug-likeness (QED) is 0.438. The van der Waals surface area contributed by atoms with Gasteiger partial charge in [0.1, 0.15) is 0 Å². The van der Waals surface area contributed by atoms with E-state index in [1.165, 1.54) is 6.39 Å². The van der Waals surface area contributed by atoms with Crippen molar-refractivity contribution in [1.82, 2.24) is 10.2 Å². The van der Waals surface area contributed by atoms with E-state index in [4.69, 9.17) is 0 Å². The molecule has 1 aromatic rings. The van der Waals surface area contributed by atoms with E-state index in [1.54, 1.807) is 6.92 Å². The molecule has 3 nitrogen and oxygen atoms in total. The molecule has 0 aliphatic rings. The Morgan fingerprint density at radius 1 is 1.71 bits per heavy atom. The molecule has 0 amide bonds. The van der Waals surface area contributed by atoms with E-state index in [0.717, 1.165) is 0 Å². The van der Waals surface area contributed by atoms with Crippen LogP contribution in [0.4, 0.5) is 0 Å². The summed E-state index contributed by atoms with van der Waals surface area (Å²) in [4.78, 5) is 0. The summed E-state index contributed by atoms with van der Waals surface area (Å²) in [6, 6.07) is 0. The third-order valence-electron chi connectivity index (χ3n) is 0.469. The predicted molar refractivity (Wildman–Crippen MR) is 24.8 cm³/mol. The maximum Gasteiger partial charge on any atom is 0.213 e. The molecule has 0 fully saturated rings. The number of hydrogen-bond donors (Lipinski definition) is 0. The first-order valence-electron chi connectivity index (χ1n) is 1.62. The molecule has 1 rings (SSSR count). The molecule has 0 spiro atoms. The molecule has 0 aliphatic heterocycles. The number of rotatable bonds is 0. The fourth-order valence-electron chi connectivity index (χ4n) is 0.228. The van der Waals surface area contributed by atoms with E-state index < -0.39 is 0 Å². The summed E-state index contributed by atoms with van der Waals surface area (Å²) in [6.07, 6.45) is 1.30. The fourth-order valence-corrected chi connectivity index (χ4v) is 0.228. The molecule has 0 saturated carbocycles. The predicted octanol–water partition coefficient (Wildman–Crippen LogP) is -0.00278. The molecule has 0 bridgehead atoms. The molecule has 0 saturated heterocycles. The molecule has 0 aliphatic carbocycles. The fraction of sp³-hybridized carbons (Fsp3) is 0.333. The van der Waals surface area contributed by atoms with Gasteiger partial charge >= 0.3 is 0 Å². The van der Waals surface area contributed by atoms with Gasteiger partial charge in [0.15, 0.2) is 0 Å². The zero-order chi connectivity index (χ0) is 4.41. The van der Waals surface area contributed by atoms with Crippen LogP contribution in [0.5, 0.6) is 0 Å². The van der Waals surface area contributed by atoms with Crippen LogP contribution in [0, 0.1) is 6.92 Å². The van der Waals surface area contributed by atoms with Crippen molar-refractivity contribution < 1.29 is 4.42 Å². The van der Waals surface area contributed by atoms with E-state index in [-0.39, 0.29) is 29.6 Å². The second kappa shape index (κ2) is 3.18. The Balaban J connectivity index is 0.000000360. The summed E-state index contributed by atoms with van der Waals surface area (Å²) in [5.41, 5.74) is 0. The molecular formula is C3H4N2NaO. The van der Waals surface area contributed by atoms with E-state index in [1.807, 2.05) is 0 Å². The van der Waals surface area contributed by atoms with Crippen molar-refractivity contribution >= 4 is 29.6 Å². The van der Waals surface area contributed by atoms with Crippen LogP contribution in [0.15, 0.2) is 10.8 Å². The average molecular weight is 107 g/mol. The van der Waals surface area contributed by atoms with Crippen LogP contribution >= 0.6 is 0 Å². The van der Waals surface area contributed by atoms with Gasteiger partial charge in [-0.05, 0) is 0 Å². The molecule has 0 unspecified atom stereocenters. The Morgan fingerprint density at radius 2 is 2.43 bits per heavy atom. The van der Waals surface area contributed by atoms with Crippen LogP contribution in [0.1, 0.15) is 5.89 Å². The average Bonchev–Trinajstić information content (AvgIpc) is 1.86. The van der Waals surface area contributed by atoms with Gasteiger partial charge in [-0.25, -0.2) is 0 Å². The van der Waals surface area contributed by atoms with E-state index in [0.29, 0.717) is 5.89 Å². The van der Waals surface area contributed by atoms with E-state index in [2.05, 4.69) is 14.6 Å². The van der Waals surface area contributed by atoms with Gasteiger partial charge in [-0.15, -0.1) is 10.2 Å². The first-order valence-corrected chi connectivity index (χ1v) is 1.62. The van der Waals surface area contributed by atoms with Crippen LogP contribution in [-0.2, 0) is 0 Å². The first kappa shape index (κ1) is 7.14. The monoisotopic (exact) mass is 107 g/mol. The third-order valence-corrected chi connectivity index (χ3v) is 0.469. The molecule has 1 aromatic heterocycles. The van der Waals surface area contributed by atoms with Gasteiger partial charge < -0.3 is 4.42 Å². The second-order valence-corrected chi connectivity index (χ2v) is 0.958. The molecule has 33 valence electrons. The summed E-state index contributed by atoms with van der Waals surface area (Å²) in [5.74, 6) is 0.606. The van der Waals surface area contributed by atoms with Gasteiger partial charge in [-0.2, -0.15) is 0 Å². The summed E-state index contributed by atoms with van der Waals surface area (Å²) < 4.78 is 4.61. The Morgan fingerprint density at radius 3 is 2.57 bits per heavy atom. The summed E-state index contributed by atoms with van der Waals surface area (Å²) in [7, 11) is 0. The van der Waals surface area contributed by atoms with Crippen molar-refractivity contribution in [2.24, 2.45) is 0 Å². The van der Waals surface area contributed by atoms with Crippen LogP contribution in [0.2, 0.25) is 0 Å². The molecule has 1 radical (unpaired) electrons. The van der Waals surface area contributed by atoms with Crippen LogP contribution in [-0.4, -0.2) is 39.8 Å². The number of nitrogens with zero attached hydrogens (tertiary/aromatic N) is 2. The molecule has 4 heteroatoms. The standard InChI is InChI=1S/C3H4N2O.Na/c1-3-5-4-2-6-3;/h2H,1H3;. The SMILES string of the molecule is Cc1nnco1.[Na]. The van der Waals surface area contributed by atoms with Crippen molar-refractivity contribution in [2.45, 2.75) is 6.92 Å². The minimum absolute atomic E-state index is 0. The van der Waals surface area contributed by atoms with Crippen molar-refractivity contribution in [1.29, 1.82) is 0 Å². The molecule has 0 atom stereocenters. The summed E-state index contributed by atoms with van der Waals surface area (Å²) in [6.45, 7) is 1.74. The van der Waals surface area contributed by atoms with Gasteiger partial charge in [0, 0.05) is 36.5 Å². The van der Waals surface area contributed by atoms with E-state index >= 15 is 0 Å². The van der Waals surface area contributed by atoms with Crippen molar-refractivity contribution in [3.8, 4) is 0 Å². The second-order valence-electron chi connectivity index (χ2n) is 0.958. The van der Waals surface area contributed by atoms with Crippen molar-refractivity contribution in [3.63, 3.8) is 0 Å². The molecule has 0 aromatic carbocycles. The molecule has 1 heterocycles. The minimum atomic E-state index is 0. The maximum absolute atomic E-state index is 4.61. The zero-order valence-corrected chi connectivity index (χ0v) is 6.38. The number of aryl methyl sites for hydroxylation is 1. The normalized spacial score (nSPS) is 7.57. The number of hydrogen-bond acceptors (Lipinski definition) is 3. The summed E-state index contributed by atoms with van der Waals surface area (Å²) >= 11 is 0. The molecule has 0 N–H and O–H groups in total. The molecule has 7 heavy (non-hydrogen) atoms. The maximum atomic E-state index is 4.61. The van der Waals surface area contributed by atoms with Gasteiger partial charge in [0.2, 0.25) is 12.3 Å². The Kier molecular flexibility index (Phi) is 3.25. The van der Waals surface area contributed by atoms with Crippen molar-refractivity contribution in [3.05, 3.63) is 12.3 Å². The number of aromatic nitrogens is 2. The van der Waals surface area contributed by atoms with Gasteiger partial charge in [0.05, 0.1) is 0 Å². The van der Waals surface area contributed by atoms with Gasteiger partial charge in [0.25, 0.3) is 0 Å².